The van der Waals surface area contributed by atoms with Gasteiger partial charge in [-0.25, -0.2) is 9.18 Å². The number of benzene rings is 2. The first-order valence-corrected chi connectivity index (χ1v) is 6.91. The van der Waals surface area contributed by atoms with Gasteiger partial charge in [-0.3, -0.25) is 5.32 Å². The van der Waals surface area contributed by atoms with Gasteiger partial charge in [-0.15, -0.1) is 5.10 Å². The van der Waals surface area contributed by atoms with E-state index in [2.05, 4.69) is 20.8 Å². The van der Waals surface area contributed by atoms with E-state index in [1.165, 1.54) is 24.3 Å². The second kappa shape index (κ2) is 6.45. The summed E-state index contributed by atoms with van der Waals surface area (Å²) in [5.41, 5.74) is 1.11. The molecule has 0 radical (unpaired) electrons. The summed E-state index contributed by atoms with van der Waals surface area (Å²) in [4.78, 5) is 11.8. The van der Waals surface area contributed by atoms with E-state index < -0.39 is 6.03 Å². The average Bonchev–Trinajstić information content (AvgIpc) is 2.98. The number of anilines is 2. The van der Waals surface area contributed by atoms with Crippen molar-refractivity contribution in [2.45, 2.75) is 0 Å². The van der Waals surface area contributed by atoms with Crippen molar-refractivity contribution in [1.82, 2.24) is 10.2 Å². The Bertz CT molecular complexity index is 818. The predicted octanol–water partition coefficient (Wildman–Crippen LogP) is 4.17. The molecule has 2 amide bonds. The summed E-state index contributed by atoms with van der Waals surface area (Å²) < 4.78 is 18.2. The molecule has 3 aromatic rings. The van der Waals surface area contributed by atoms with Crippen molar-refractivity contribution in [2.75, 3.05) is 10.6 Å². The molecular formula is C15H10ClFN4O2. The fraction of sp³-hybridized carbons (Fsp3) is 0. The molecule has 0 saturated heterocycles. The normalized spacial score (nSPS) is 10.3. The van der Waals surface area contributed by atoms with Crippen LogP contribution in [0.25, 0.3) is 11.5 Å². The minimum absolute atomic E-state index is 0.0733. The number of aromatic nitrogens is 2. The monoisotopic (exact) mass is 332 g/mol. The predicted molar refractivity (Wildman–Crippen MR) is 83.8 cm³/mol. The summed E-state index contributed by atoms with van der Waals surface area (Å²) in [5.74, 6) is -0.194. The van der Waals surface area contributed by atoms with Crippen LogP contribution in [0, 0.1) is 5.82 Å². The third-order valence-corrected chi connectivity index (χ3v) is 3.09. The Morgan fingerprint density at radius 3 is 2.39 bits per heavy atom. The van der Waals surface area contributed by atoms with Crippen molar-refractivity contribution in [3.05, 3.63) is 59.4 Å². The maximum atomic E-state index is 12.9. The number of nitrogens with zero attached hydrogens (tertiary/aromatic N) is 2. The highest BCUT2D eigenvalue weighted by Crippen LogP contribution is 2.20. The fourth-order valence-electron chi connectivity index (χ4n) is 1.78. The Morgan fingerprint density at radius 1 is 1.00 bits per heavy atom. The van der Waals surface area contributed by atoms with E-state index in [0.29, 0.717) is 16.3 Å². The topological polar surface area (TPSA) is 80.0 Å². The number of urea groups is 1. The van der Waals surface area contributed by atoms with Gasteiger partial charge in [-0.1, -0.05) is 16.7 Å². The van der Waals surface area contributed by atoms with Crippen molar-refractivity contribution in [1.29, 1.82) is 0 Å². The van der Waals surface area contributed by atoms with Gasteiger partial charge in [0, 0.05) is 16.3 Å². The van der Waals surface area contributed by atoms with E-state index in [1.54, 1.807) is 24.3 Å². The van der Waals surface area contributed by atoms with Crippen LogP contribution in [0.3, 0.4) is 0 Å². The molecule has 3 rings (SSSR count). The van der Waals surface area contributed by atoms with E-state index in [1.807, 2.05) is 0 Å². The highest BCUT2D eigenvalue weighted by Gasteiger charge is 2.11. The number of hydrogen-bond donors (Lipinski definition) is 2. The molecule has 0 aliphatic carbocycles. The van der Waals surface area contributed by atoms with E-state index in [9.17, 15) is 9.18 Å². The second-order valence-corrected chi connectivity index (χ2v) is 4.94. The Hall–Kier alpha value is -2.93. The summed E-state index contributed by atoms with van der Waals surface area (Å²) in [7, 11) is 0. The SMILES string of the molecule is O=C(Nc1ccc(Cl)cc1)Nc1nnc(-c2ccc(F)cc2)o1. The molecule has 2 N–H and O–H groups in total. The van der Waals surface area contributed by atoms with Gasteiger partial charge in [-0.05, 0) is 48.5 Å². The quantitative estimate of drug-likeness (QED) is 0.754. The number of carbonyl (C=O) groups is 1. The number of carbonyl (C=O) groups excluding carboxylic acids is 1. The van der Waals surface area contributed by atoms with Gasteiger partial charge in [0.1, 0.15) is 5.82 Å². The van der Waals surface area contributed by atoms with Gasteiger partial charge >= 0.3 is 12.0 Å². The molecule has 0 bridgehead atoms. The molecule has 2 aromatic carbocycles. The van der Waals surface area contributed by atoms with Crippen LogP contribution in [0.15, 0.2) is 52.9 Å². The van der Waals surface area contributed by atoms with E-state index >= 15 is 0 Å². The smallest absolute Gasteiger partial charge is 0.327 e. The van der Waals surface area contributed by atoms with Crippen LogP contribution in [0.2, 0.25) is 5.02 Å². The number of rotatable bonds is 3. The van der Waals surface area contributed by atoms with E-state index in [-0.39, 0.29) is 17.7 Å². The maximum Gasteiger partial charge on any atom is 0.327 e. The Morgan fingerprint density at radius 2 is 1.70 bits per heavy atom. The van der Waals surface area contributed by atoms with Crippen LogP contribution < -0.4 is 10.6 Å². The first kappa shape index (κ1) is 15.0. The molecule has 0 saturated carbocycles. The largest absolute Gasteiger partial charge is 0.403 e. The molecule has 23 heavy (non-hydrogen) atoms. The number of amides is 2. The molecule has 0 atom stereocenters. The molecule has 0 aliphatic rings. The summed E-state index contributed by atoms with van der Waals surface area (Å²) >= 11 is 5.76. The molecule has 116 valence electrons. The molecule has 0 unspecified atom stereocenters. The third kappa shape index (κ3) is 3.83. The molecule has 8 heteroatoms. The van der Waals surface area contributed by atoms with Gasteiger partial charge in [0.2, 0.25) is 5.89 Å². The zero-order chi connectivity index (χ0) is 16.2. The lowest BCUT2D eigenvalue weighted by atomic mass is 10.2. The Balaban J connectivity index is 1.65. The first-order valence-electron chi connectivity index (χ1n) is 6.53. The van der Waals surface area contributed by atoms with Crippen molar-refractivity contribution >= 4 is 29.3 Å². The van der Waals surface area contributed by atoms with Crippen molar-refractivity contribution in [3.63, 3.8) is 0 Å². The van der Waals surface area contributed by atoms with Crippen LogP contribution in [-0.2, 0) is 0 Å². The summed E-state index contributed by atoms with van der Waals surface area (Å²) in [6.45, 7) is 0. The lowest BCUT2D eigenvalue weighted by Crippen LogP contribution is -2.19. The van der Waals surface area contributed by atoms with Gasteiger partial charge in [0.15, 0.2) is 0 Å². The van der Waals surface area contributed by atoms with Crippen molar-refractivity contribution in [2.24, 2.45) is 0 Å². The number of hydrogen-bond acceptors (Lipinski definition) is 4. The van der Waals surface area contributed by atoms with Gasteiger partial charge < -0.3 is 9.73 Å². The first-order chi connectivity index (χ1) is 11.1. The maximum absolute atomic E-state index is 12.9. The van der Waals surface area contributed by atoms with Gasteiger partial charge in [0.05, 0.1) is 0 Å². The second-order valence-electron chi connectivity index (χ2n) is 4.51. The summed E-state index contributed by atoms with van der Waals surface area (Å²) in [5, 5.41) is 13.1. The van der Waals surface area contributed by atoms with Crippen LogP contribution in [0.5, 0.6) is 0 Å². The molecular weight excluding hydrogens is 323 g/mol. The Labute approximate surface area is 135 Å². The standard InChI is InChI=1S/C15H10ClFN4O2/c16-10-3-7-12(8-4-10)18-14(22)19-15-21-20-13(23-15)9-1-5-11(17)6-2-9/h1-8H,(H2,18,19,21,22). The highest BCUT2D eigenvalue weighted by atomic mass is 35.5. The average molecular weight is 333 g/mol. The van der Waals surface area contributed by atoms with Crippen LogP contribution >= 0.6 is 11.6 Å². The minimum Gasteiger partial charge on any atom is -0.403 e. The Kier molecular flexibility index (Phi) is 4.20. The summed E-state index contributed by atoms with van der Waals surface area (Å²) in [6, 6.07) is 11.5. The van der Waals surface area contributed by atoms with Crippen LogP contribution in [-0.4, -0.2) is 16.2 Å². The minimum atomic E-state index is -0.540. The van der Waals surface area contributed by atoms with Gasteiger partial charge in [0.25, 0.3) is 0 Å². The lowest BCUT2D eigenvalue weighted by molar-refractivity contribution is 0.261. The van der Waals surface area contributed by atoms with Crippen molar-refractivity contribution < 1.29 is 13.6 Å². The molecule has 0 fully saturated rings. The van der Waals surface area contributed by atoms with Crippen LogP contribution in [0.4, 0.5) is 20.9 Å². The van der Waals surface area contributed by atoms with E-state index in [4.69, 9.17) is 16.0 Å². The van der Waals surface area contributed by atoms with Gasteiger partial charge in [-0.2, -0.15) is 0 Å². The van der Waals surface area contributed by atoms with Crippen LogP contribution in [0.1, 0.15) is 0 Å². The molecule has 1 heterocycles. The van der Waals surface area contributed by atoms with Crippen molar-refractivity contribution in [3.8, 4) is 11.5 Å². The molecule has 6 nitrogen and oxygen atoms in total. The highest BCUT2D eigenvalue weighted by molar-refractivity contribution is 6.30. The zero-order valence-electron chi connectivity index (χ0n) is 11.6. The number of nitrogens with one attached hydrogen (secondary N) is 2. The molecule has 0 spiro atoms. The fourth-order valence-corrected chi connectivity index (χ4v) is 1.90. The zero-order valence-corrected chi connectivity index (χ0v) is 12.3. The van der Waals surface area contributed by atoms with E-state index in [0.717, 1.165) is 0 Å². The summed E-state index contributed by atoms with van der Waals surface area (Å²) in [6.07, 6.45) is 0. The lowest BCUT2D eigenvalue weighted by Gasteiger charge is -2.04. The molecule has 0 aliphatic heterocycles. The number of halogens is 2. The molecule has 1 aromatic heterocycles. The third-order valence-electron chi connectivity index (χ3n) is 2.84.